The Hall–Kier alpha value is -0.120. The molecular weight excluding hydrogens is 210 g/mol. The fourth-order valence-electron chi connectivity index (χ4n) is 3.49. The lowest BCUT2D eigenvalue weighted by Gasteiger charge is -2.40. The van der Waals surface area contributed by atoms with Gasteiger partial charge in [-0.25, -0.2) is 0 Å². The number of rotatable bonds is 3. The van der Waals surface area contributed by atoms with Gasteiger partial charge in [0.15, 0.2) is 0 Å². The summed E-state index contributed by atoms with van der Waals surface area (Å²) in [5, 5.41) is 0. The first-order chi connectivity index (χ1) is 8.25. The Bertz CT molecular complexity index is 248. The zero-order valence-electron chi connectivity index (χ0n) is 11.0. The van der Waals surface area contributed by atoms with E-state index in [-0.39, 0.29) is 5.54 Å². The van der Waals surface area contributed by atoms with Crippen LogP contribution >= 0.6 is 0 Å². The van der Waals surface area contributed by atoms with Crippen molar-refractivity contribution in [2.24, 2.45) is 5.73 Å². The van der Waals surface area contributed by atoms with Crippen LogP contribution in [0, 0.1) is 0 Å². The topological polar surface area (TPSA) is 32.5 Å². The second-order valence-electron chi connectivity index (χ2n) is 6.47. The summed E-state index contributed by atoms with van der Waals surface area (Å²) in [6, 6.07) is 0.875. The third-order valence-electron chi connectivity index (χ3n) is 4.89. The molecule has 0 atom stereocenters. The minimum atomic E-state index is 0.206. The molecule has 0 aromatic carbocycles. The second-order valence-corrected chi connectivity index (χ2v) is 6.47. The first-order valence-corrected chi connectivity index (χ1v) is 7.51. The lowest BCUT2D eigenvalue weighted by atomic mass is 9.99. The highest BCUT2D eigenvalue weighted by Crippen LogP contribution is 2.34. The number of piperidine rings is 2. The summed E-state index contributed by atoms with van der Waals surface area (Å²) in [4.78, 5) is 5.35. The average Bonchev–Trinajstić information content (AvgIpc) is 3.09. The van der Waals surface area contributed by atoms with Gasteiger partial charge >= 0.3 is 0 Å². The molecule has 1 aliphatic carbocycles. The van der Waals surface area contributed by atoms with Crippen molar-refractivity contribution >= 4 is 0 Å². The molecule has 0 amide bonds. The lowest BCUT2D eigenvalue weighted by Crippen LogP contribution is -2.49. The molecule has 2 heterocycles. The summed E-state index contributed by atoms with van der Waals surface area (Å²) in [6.45, 7) is 6.41. The molecule has 3 heteroatoms. The Kier molecular flexibility index (Phi) is 3.42. The maximum atomic E-state index is 6.20. The fourth-order valence-corrected chi connectivity index (χ4v) is 3.49. The van der Waals surface area contributed by atoms with Crippen molar-refractivity contribution in [2.75, 3.05) is 32.7 Å². The molecule has 3 aliphatic rings. The maximum Gasteiger partial charge on any atom is 0.0284 e. The molecule has 3 rings (SSSR count). The highest BCUT2D eigenvalue weighted by atomic mass is 15.2. The van der Waals surface area contributed by atoms with Gasteiger partial charge in [-0.15, -0.1) is 0 Å². The average molecular weight is 237 g/mol. The Morgan fingerprint density at radius 1 is 0.941 bits per heavy atom. The minimum Gasteiger partial charge on any atom is -0.324 e. The minimum absolute atomic E-state index is 0.206. The molecule has 0 spiro atoms. The predicted octanol–water partition coefficient (Wildman–Crippen LogP) is 1.43. The zero-order valence-corrected chi connectivity index (χ0v) is 11.0. The van der Waals surface area contributed by atoms with Crippen molar-refractivity contribution in [2.45, 2.75) is 56.5 Å². The summed E-state index contributed by atoms with van der Waals surface area (Å²) in [6.07, 6.45) is 9.54. The van der Waals surface area contributed by atoms with Crippen LogP contribution < -0.4 is 5.73 Å². The van der Waals surface area contributed by atoms with Crippen LogP contribution in [0.3, 0.4) is 0 Å². The molecule has 0 radical (unpaired) electrons. The molecule has 3 fully saturated rings. The number of hydrogen-bond acceptors (Lipinski definition) is 3. The number of nitrogens with zero attached hydrogens (tertiary/aromatic N) is 2. The van der Waals surface area contributed by atoms with Crippen molar-refractivity contribution in [3.05, 3.63) is 0 Å². The fraction of sp³-hybridized carbons (Fsp3) is 1.00. The van der Waals surface area contributed by atoms with Crippen LogP contribution in [0.4, 0.5) is 0 Å². The molecule has 1 saturated carbocycles. The van der Waals surface area contributed by atoms with E-state index in [2.05, 4.69) is 9.80 Å². The van der Waals surface area contributed by atoms with Crippen molar-refractivity contribution in [1.82, 2.24) is 9.80 Å². The monoisotopic (exact) mass is 237 g/mol. The molecule has 98 valence electrons. The van der Waals surface area contributed by atoms with Gasteiger partial charge in [-0.1, -0.05) is 6.42 Å². The first kappa shape index (κ1) is 11.9. The smallest absolute Gasteiger partial charge is 0.0284 e. The summed E-state index contributed by atoms with van der Waals surface area (Å²) >= 11 is 0. The molecule has 2 aliphatic heterocycles. The molecule has 3 nitrogen and oxygen atoms in total. The molecule has 0 aromatic rings. The molecule has 0 aromatic heterocycles. The van der Waals surface area contributed by atoms with E-state index < -0.39 is 0 Å². The van der Waals surface area contributed by atoms with Gasteiger partial charge in [-0.2, -0.15) is 0 Å². The maximum absolute atomic E-state index is 6.20. The first-order valence-electron chi connectivity index (χ1n) is 7.51. The summed E-state index contributed by atoms with van der Waals surface area (Å²) in [5.41, 5.74) is 6.41. The normalized spacial score (nSPS) is 31.6. The van der Waals surface area contributed by atoms with E-state index in [1.54, 1.807) is 0 Å². The van der Waals surface area contributed by atoms with E-state index >= 15 is 0 Å². The van der Waals surface area contributed by atoms with Crippen LogP contribution in [0.5, 0.6) is 0 Å². The van der Waals surface area contributed by atoms with Crippen molar-refractivity contribution in [3.63, 3.8) is 0 Å². The molecule has 0 bridgehead atoms. The zero-order chi connectivity index (χ0) is 11.7. The van der Waals surface area contributed by atoms with Gasteiger partial charge in [-0.05, 0) is 64.7 Å². The third kappa shape index (κ3) is 3.01. The molecule has 0 unspecified atom stereocenters. The summed E-state index contributed by atoms with van der Waals surface area (Å²) < 4.78 is 0. The lowest BCUT2D eigenvalue weighted by molar-refractivity contribution is 0.0888. The van der Waals surface area contributed by atoms with E-state index in [1.165, 1.54) is 71.1 Å². The summed E-state index contributed by atoms with van der Waals surface area (Å²) in [7, 11) is 0. The molecule has 2 saturated heterocycles. The van der Waals surface area contributed by atoms with Crippen LogP contribution in [-0.2, 0) is 0 Å². The van der Waals surface area contributed by atoms with E-state index in [1.807, 2.05) is 0 Å². The van der Waals surface area contributed by atoms with Gasteiger partial charge in [0.2, 0.25) is 0 Å². The Morgan fingerprint density at radius 2 is 1.59 bits per heavy atom. The Morgan fingerprint density at radius 3 is 2.18 bits per heavy atom. The van der Waals surface area contributed by atoms with Crippen molar-refractivity contribution in [1.29, 1.82) is 0 Å². The number of hydrogen-bond donors (Lipinski definition) is 1. The standard InChI is InChI=1S/C14H27N3/c15-14(6-7-14)12-16-10-4-13(5-11-16)17-8-2-1-3-9-17/h13H,1-12,15H2. The van der Waals surface area contributed by atoms with Gasteiger partial charge in [0.05, 0.1) is 0 Å². The second kappa shape index (κ2) is 4.87. The van der Waals surface area contributed by atoms with Crippen LogP contribution in [0.15, 0.2) is 0 Å². The molecule has 17 heavy (non-hydrogen) atoms. The third-order valence-corrected chi connectivity index (χ3v) is 4.89. The highest BCUT2D eigenvalue weighted by molar-refractivity contribution is 5.01. The number of likely N-dealkylation sites (tertiary alicyclic amines) is 2. The van der Waals surface area contributed by atoms with Crippen LogP contribution in [0.2, 0.25) is 0 Å². The van der Waals surface area contributed by atoms with Crippen molar-refractivity contribution < 1.29 is 0 Å². The molecular formula is C14H27N3. The van der Waals surface area contributed by atoms with Gasteiger partial charge < -0.3 is 15.5 Å². The summed E-state index contributed by atoms with van der Waals surface area (Å²) in [5.74, 6) is 0. The quantitative estimate of drug-likeness (QED) is 0.806. The van der Waals surface area contributed by atoms with Crippen LogP contribution in [-0.4, -0.2) is 54.1 Å². The Labute approximate surface area is 105 Å². The van der Waals surface area contributed by atoms with Crippen LogP contribution in [0.1, 0.15) is 44.9 Å². The van der Waals surface area contributed by atoms with Gasteiger partial charge in [0.1, 0.15) is 0 Å². The van der Waals surface area contributed by atoms with Gasteiger partial charge in [0, 0.05) is 18.1 Å². The van der Waals surface area contributed by atoms with E-state index in [0.717, 1.165) is 12.6 Å². The van der Waals surface area contributed by atoms with Crippen LogP contribution in [0.25, 0.3) is 0 Å². The van der Waals surface area contributed by atoms with Crippen molar-refractivity contribution in [3.8, 4) is 0 Å². The van der Waals surface area contributed by atoms with E-state index in [0.29, 0.717) is 0 Å². The van der Waals surface area contributed by atoms with E-state index in [9.17, 15) is 0 Å². The van der Waals surface area contributed by atoms with Gasteiger partial charge in [-0.3, -0.25) is 0 Å². The number of nitrogens with two attached hydrogens (primary N) is 1. The molecule has 2 N–H and O–H groups in total. The SMILES string of the molecule is NC1(CN2CCC(N3CCCCC3)CC2)CC1. The highest BCUT2D eigenvalue weighted by Gasteiger charge is 2.40. The van der Waals surface area contributed by atoms with Gasteiger partial charge in [0.25, 0.3) is 0 Å². The van der Waals surface area contributed by atoms with E-state index in [4.69, 9.17) is 5.73 Å². The predicted molar refractivity (Wildman–Crippen MR) is 71.0 cm³/mol. The Balaban J connectivity index is 1.43. The largest absolute Gasteiger partial charge is 0.324 e.